The van der Waals surface area contributed by atoms with Gasteiger partial charge < -0.3 is 24.3 Å². The van der Waals surface area contributed by atoms with Crippen molar-refractivity contribution < 1.29 is 33.4 Å². The van der Waals surface area contributed by atoms with E-state index in [1.165, 1.54) is 12.2 Å². The molecule has 1 N–H and O–H groups in total. The van der Waals surface area contributed by atoms with Crippen molar-refractivity contribution in [3.05, 3.63) is 12.2 Å². The predicted octanol–water partition coefficient (Wildman–Crippen LogP) is -1.33. The Labute approximate surface area is 139 Å². The molecule has 1 heterocycles. The zero-order valence-electron chi connectivity index (χ0n) is 13.4. The minimum absolute atomic E-state index is 0.0124. The third kappa shape index (κ3) is 8.51. The lowest BCUT2D eigenvalue weighted by atomic mass is 10.4. The molecule has 134 valence electrons. The Morgan fingerprint density at radius 2 is 1.50 bits per heavy atom. The third-order valence-corrected chi connectivity index (χ3v) is 2.96. The normalized spacial score (nSPS) is 13.6. The zero-order chi connectivity index (χ0) is 17.6. The largest absolute Gasteiger partial charge is 0.379 e. The van der Waals surface area contributed by atoms with E-state index in [1.807, 2.05) is 0 Å². The van der Waals surface area contributed by atoms with E-state index in [0.29, 0.717) is 32.7 Å². The molecule has 0 saturated heterocycles. The van der Waals surface area contributed by atoms with Crippen molar-refractivity contribution in [1.82, 2.24) is 10.2 Å². The first-order valence-electron chi connectivity index (χ1n) is 7.62. The fourth-order valence-electron chi connectivity index (χ4n) is 1.76. The Balaban J connectivity index is 1.82. The lowest BCUT2D eigenvalue weighted by Gasteiger charge is -2.13. The maximum Gasteiger partial charge on any atom is 0.253 e. The molecule has 0 fully saturated rings. The zero-order valence-corrected chi connectivity index (χ0v) is 13.4. The van der Waals surface area contributed by atoms with Gasteiger partial charge in [-0.1, -0.05) is 0 Å². The lowest BCUT2D eigenvalue weighted by molar-refractivity contribution is -0.137. The lowest BCUT2D eigenvalue weighted by Crippen LogP contribution is -2.33. The molecule has 9 nitrogen and oxygen atoms in total. The second kappa shape index (κ2) is 12.3. The summed E-state index contributed by atoms with van der Waals surface area (Å²) in [6.45, 7) is 2.18. The van der Waals surface area contributed by atoms with Crippen LogP contribution < -0.4 is 5.32 Å². The summed E-state index contributed by atoms with van der Waals surface area (Å²) in [7, 11) is 0. The number of amides is 3. The molecule has 0 bridgehead atoms. The molecule has 3 amide bonds. The molecule has 0 aliphatic carbocycles. The van der Waals surface area contributed by atoms with Crippen LogP contribution in [0.2, 0.25) is 0 Å². The minimum Gasteiger partial charge on any atom is -0.379 e. The number of imide groups is 1. The van der Waals surface area contributed by atoms with Crippen molar-refractivity contribution in [3.63, 3.8) is 0 Å². The Hall–Kier alpha value is -2.10. The number of aldehydes is 1. The average molecular weight is 342 g/mol. The van der Waals surface area contributed by atoms with E-state index >= 15 is 0 Å². The summed E-state index contributed by atoms with van der Waals surface area (Å²) in [6.07, 6.45) is 3.28. The van der Waals surface area contributed by atoms with Crippen LogP contribution in [-0.2, 0) is 33.4 Å². The second-order valence-electron chi connectivity index (χ2n) is 4.72. The highest BCUT2D eigenvalue weighted by molar-refractivity contribution is 6.12. The molecule has 0 aromatic carbocycles. The van der Waals surface area contributed by atoms with Crippen molar-refractivity contribution in [3.8, 4) is 0 Å². The van der Waals surface area contributed by atoms with E-state index in [2.05, 4.69) is 5.32 Å². The van der Waals surface area contributed by atoms with E-state index in [9.17, 15) is 19.2 Å². The average Bonchev–Trinajstić information content (AvgIpc) is 2.89. The van der Waals surface area contributed by atoms with Gasteiger partial charge in [0.2, 0.25) is 5.91 Å². The summed E-state index contributed by atoms with van der Waals surface area (Å²) in [5.74, 6) is -0.879. The first kappa shape index (κ1) is 19.9. The number of ether oxygens (including phenoxy) is 3. The van der Waals surface area contributed by atoms with Crippen molar-refractivity contribution in [2.24, 2.45) is 0 Å². The van der Waals surface area contributed by atoms with Crippen molar-refractivity contribution in [2.45, 2.75) is 6.42 Å². The summed E-state index contributed by atoms with van der Waals surface area (Å²) in [6, 6.07) is 0. The van der Waals surface area contributed by atoms with Crippen molar-refractivity contribution in [2.75, 3.05) is 52.7 Å². The second-order valence-corrected chi connectivity index (χ2v) is 4.72. The Morgan fingerprint density at radius 1 is 0.958 bits per heavy atom. The van der Waals surface area contributed by atoms with Gasteiger partial charge in [-0.2, -0.15) is 0 Å². The van der Waals surface area contributed by atoms with Crippen LogP contribution >= 0.6 is 0 Å². The molecule has 1 rings (SSSR count). The summed E-state index contributed by atoms with van der Waals surface area (Å²) < 4.78 is 15.7. The first-order chi connectivity index (χ1) is 11.6. The molecule has 0 radical (unpaired) electrons. The van der Waals surface area contributed by atoms with Gasteiger partial charge in [0.15, 0.2) is 0 Å². The van der Waals surface area contributed by atoms with Crippen LogP contribution in [0.15, 0.2) is 12.2 Å². The summed E-state index contributed by atoms with van der Waals surface area (Å²) in [4.78, 5) is 44.8. The summed E-state index contributed by atoms with van der Waals surface area (Å²) in [5.41, 5.74) is 0. The molecule has 0 spiro atoms. The Morgan fingerprint density at radius 3 is 2.08 bits per heavy atom. The highest BCUT2D eigenvalue weighted by Gasteiger charge is 2.22. The van der Waals surface area contributed by atoms with Crippen LogP contribution in [0.3, 0.4) is 0 Å². The van der Waals surface area contributed by atoms with Gasteiger partial charge in [-0.25, -0.2) is 0 Å². The van der Waals surface area contributed by atoms with Crippen LogP contribution in [0, 0.1) is 0 Å². The molecule has 1 aliphatic rings. The van der Waals surface area contributed by atoms with Gasteiger partial charge in [-0.3, -0.25) is 19.3 Å². The van der Waals surface area contributed by atoms with Crippen LogP contribution in [-0.4, -0.2) is 81.6 Å². The van der Waals surface area contributed by atoms with E-state index in [-0.39, 0.29) is 50.4 Å². The van der Waals surface area contributed by atoms with Crippen molar-refractivity contribution >= 4 is 24.0 Å². The maximum atomic E-state index is 11.3. The van der Waals surface area contributed by atoms with Gasteiger partial charge in [0.1, 0.15) is 6.29 Å². The fraction of sp³-hybridized carbons (Fsp3) is 0.600. The van der Waals surface area contributed by atoms with Crippen LogP contribution in [0.4, 0.5) is 0 Å². The maximum absolute atomic E-state index is 11.3. The number of hydrogen-bond acceptors (Lipinski definition) is 7. The predicted molar refractivity (Wildman–Crippen MR) is 82.0 cm³/mol. The number of nitrogens with one attached hydrogen (secondary N) is 1. The smallest absolute Gasteiger partial charge is 0.253 e. The fourth-order valence-corrected chi connectivity index (χ4v) is 1.76. The number of hydrogen-bond donors (Lipinski definition) is 1. The first-order valence-corrected chi connectivity index (χ1v) is 7.62. The molecule has 0 saturated carbocycles. The Bertz CT molecular complexity index is 447. The quantitative estimate of drug-likeness (QED) is 0.236. The van der Waals surface area contributed by atoms with Gasteiger partial charge >= 0.3 is 0 Å². The Kier molecular flexibility index (Phi) is 10.3. The molecule has 9 heteroatoms. The monoisotopic (exact) mass is 342 g/mol. The molecule has 0 aromatic rings. The van der Waals surface area contributed by atoms with Crippen LogP contribution in [0.25, 0.3) is 0 Å². The summed E-state index contributed by atoms with van der Waals surface area (Å²) >= 11 is 0. The molecule has 0 aromatic heterocycles. The molecular weight excluding hydrogens is 320 g/mol. The van der Waals surface area contributed by atoms with E-state index in [1.54, 1.807) is 0 Å². The number of nitrogens with zero attached hydrogens (tertiary/aromatic N) is 1. The standard InChI is InChI=1S/C15H22N2O7/c18-6-4-16-13(19)3-7-22-9-11-24-12-10-23-8-5-17-14(20)1-2-15(17)21/h1-2,6H,3-5,7-12H2,(H,16,19). The molecule has 1 aliphatic heterocycles. The van der Waals surface area contributed by atoms with E-state index in [4.69, 9.17) is 14.2 Å². The molecule has 0 unspecified atom stereocenters. The van der Waals surface area contributed by atoms with E-state index < -0.39 is 0 Å². The van der Waals surface area contributed by atoms with Gasteiger partial charge in [-0.15, -0.1) is 0 Å². The van der Waals surface area contributed by atoms with Crippen LogP contribution in [0.5, 0.6) is 0 Å². The van der Waals surface area contributed by atoms with Gasteiger partial charge in [-0.05, 0) is 0 Å². The third-order valence-electron chi connectivity index (χ3n) is 2.96. The van der Waals surface area contributed by atoms with Gasteiger partial charge in [0.05, 0.1) is 52.7 Å². The highest BCUT2D eigenvalue weighted by atomic mass is 16.5. The number of carbonyl (C=O) groups excluding carboxylic acids is 4. The molecule has 0 atom stereocenters. The van der Waals surface area contributed by atoms with Crippen molar-refractivity contribution in [1.29, 1.82) is 0 Å². The highest BCUT2D eigenvalue weighted by Crippen LogP contribution is 2.02. The summed E-state index contributed by atoms with van der Waals surface area (Å²) in [5, 5.41) is 2.40. The van der Waals surface area contributed by atoms with E-state index in [0.717, 1.165) is 4.90 Å². The molecule has 24 heavy (non-hydrogen) atoms. The SMILES string of the molecule is O=CCNC(=O)CCOCCOCCOCCN1C(=O)C=CC1=O. The van der Waals surface area contributed by atoms with Gasteiger partial charge in [0, 0.05) is 18.6 Å². The number of carbonyl (C=O) groups is 4. The number of rotatable bonds is 14. The van der Waals surface area contributed by atoms with Gasteiger partial charge in [0.25, 0.3) is 11.8 Å². The topological polar surface area (TPSA) is 111 Å². The minimum atomic E-state index is -0.322. The molecular formula is C15H22N2O7. The van der Waals surface area contributed by atoms with Crippen LogP contribution in [0.1, 0.15) is 6.42 Å².